The van der Waals surface area contributed by atoms with Gasteiger partial charge in [-0.1, -0.05) is 36.4 Å². The largest absolute Gasteiger partial charge is 0.461 e. The smallest absolute Gasteiger partial charge is 0.293 e. The van der Waals surface area contributed by atoms with E-state index >= 15 is 0 Å². The van der Waals surface area contributed by atoms with Gasteiger partial charge < -0.3 is 4.74 Å². The molecule has 0 amide bonds. The monoisotopic (exact) mass is 213 g/mol. The summed E-state index contributed by atoms with van der Waals surface area (Å²) in [5.74, 6) is 0. The van der Waals surface area contributed by atoms with Gasteiger partial charge in [0.15, 0.2) is 0 Å². The van der Waals surface area contributed by atoms with Crippen LogP contribution in [0.5, 0.6) is 0 Å². The molecule has 3 nitrogen and oxygen atoms in total. The van der Waals surface area contributed by atoms with Crippen LogP contribution >= 0.6 is 0 Å². The molecule has 0 saturated heterocycles. The Labute approximate surface area is 93.7 Å². The first-order valence-corrected chi connectivity index (χ1v) is 4.96. The maximum atomic E-state index is 10.2. The van der Waals surface area contributed by atoms with E-state index in [4.69, 9.17) is 4.74 Å². The lowest BCUT2D eigenvalue weighted by atomic mass is 10.0. The van der Waals surface area contributed by atoms with E-state index in [0.29, 0.717) is 6.47 Å². The molecule has 0 saturated carbocycles. The van der Waals surface area contributed by atoms with Crippen LogP contribution in [0.2, 0.25) is 0 Å². The maximum absolute atomic E-state index is 10.2. The molecule has 2 aromatic rings. The Morgan fingerprint density at radius 1 is 1.12 bits per heavy atom. The lowest BCUT2D eigenvalue weighted by molar-refractivity contribution is -0.129. The van der Waals surface area contributed by atoms with Crippen molar-refractivity contribution in [2.24, 2.45) is 0 Å². The summed E-state index contributed by atoms with van der Waals surface area (Å²) in [4.78, 5) is 14.4. The molecule has 0 spiro atoms. The summed E-state index contributed by atoms with van der Waals surface area (Å²) in [5, 5.41) is 0. The second kappa shape index (κ2) is 5.07. The molecule has 1 heterocycles. The molecule has 0 unspecified atom stereocenters. The van der Waals surface area contributed by atoms with E-state index in [2.05, 4.69) is 4.98 Å². The lowest BCUT2D eigenvalue weighted by Crippen LogP contribution is -1.96. The average Bonchev–Trinajstić information content (AvgIpc) is 2.38. The van der Waals surface area contributed by atoms with E-state index in [-0.39, 0.29) is 6.61 Å². The Morgan fingerprint density at radius 2 is 1.94 bits per heavy atom. The number of hydrogen-bond donors (Lipinski definition) is 0. The van der Waals surface area contributed by atoms with Crippen molar-refractivity contribution in [3.63, 3.8) is 0 Å². The molecule has 0 aliphatic rings. The van der Waals surface area contributed by atoms with Crippen molar-refractivity contribution < 1.29 is 9.53 Å². The summed E-state index contributed by atoms with van der Waals surface area (Å²) >= 11 is 0. The molecule has 0 radical (unpaired) electrons. The number of aromatic nitrogens is 1. The van der Waals surface area contributed by atoms with Gasteiger partial charge in [-0.2, -0.15) is 0 Å². The molecular formula is C13H11NO2. The average molecular weight is 213 g/mol. The summed E-state index contributed by atoms with van der Waals surface area (Å²) in [6.45, 7) is 0.637. The fraction of sp³-hybridized carbons (Fsp3) is 0.0769. The first kappa shape index (κ1) is 10.4. The van der Waals surface area contributed by atoms with Gasteiger partial charge in [0, 0.05) is 11.8 Å². The van der Waals surface area contributed by atoms with Crippen LogP contribution in [0.1, 0.15) is 5.69 Å². The fourth-order valence-corrected chi connectivity index (χ4v) is 1.55. The minimum absolute atomic E-state index is 0.203. The van der Waals surface area contributed by atoms with Crippen LogP contribution in [0.15, 0.2) is 48.7 Å². The van der Waals surface area contributed by atoms with Gasteiger partial charge in [-0.15, -0.1) is 0 Å². The zero-order valence-electron chi connectivity index (χ0n) is 8.67. The topological polar surface area (TPSA) is 39.2 Å². The van der Waals surface area contributed by atoms with Gasteiger partial charge in [-0.05, 0) is 11.6 Å². The van der Waals surface area contributed by atoms with Crippen LogP contribution < -0.4 is 0 Å². The van der Waals surface area contributed by atoms with Crippen LogP contribution in [0.4, 0.5) is 0 Å². The van der Waals surface area contributed by atoms with Crippen LogP contribution in [-0.2, 0) is 16.1 Å². The van der Waals surface area contributed by atoms with Crippen LogP contribution in [0, 0.1) is 0 Å². The molecule has 16 heavy (non-hydrogen) atoms. The Balaban J connectivity index is 2.36. The molecule has 3 heteroatoms. The van der Waals surface area contributed by atoms with Gasteiger partial charge in [-0.25, -0.2) is 0 Å². The normalized spacial score (nSPS) is 9.75. The number of carbonyl (C=O) groups excluding carboxylic acids is 1. The van der Waals surface area contributed by atoms with Gasteiger partial charge in [0.1, 0.15) is 6.61 Å². The van der Waals surface area contributed by atoms with E-state index in [1.165, 1.54) is 0 Å². The Kier molecular flexibility index (Phi) is 3.28. The summed E-state index contributed by atoms with van der Waals surface area (Å²) in [6, 6.07) is 13.7. The zero-order valence-corrected chi connectivity index (χ0v) is 8.67. The summed E-state index contributed by atoms with van der Waals surface area (Å²) in [6.07, 6.45) is 1.69. The second-order valence-corrected chi connectivity index (χ2v) is 3.27. The third-order valence-electron chi connectivity index (χ3n) is 2.26. The fourth-order valence-electron chi connectivity index (χ4n) is 1.55. The first-order chi connectivity index (χ1) is 7.92. The lowest BCUT2D eigenvalue weighted by Gasteiger charge is -2.07. The number of benzene rings is 1. The van der Waals surface area contributed by atoms with E-state index in [9.17, 15) is 4.79 Å². The van der Waals surface area contributed by atoms with Gasteiger partial charge in [0.25, 0.3) is 6.47 Å². The second-order valence-electron chi connectivity index (χ2n) is 3.27. The highest BCUT2D eigenvalue weighted by molar-refractivity contribution is 5.65. The Bertz CT molecular complexity index is 468. The zero-order chi connectivity index (χ0) is 11.2. The number of pyridine rings is 1. The van der Waals surface area contributed by atoms with E-state index in [1.54, 1.807) is 6.20 Å². The Hall–Kier alpha value is -2.16. The van der Waals surface area contributed by atoms with Gasteiger partial charge in [0.05, 0.1) is 5.69 Å². The molecule has 1 aromatic heterocycles. The molecule has 80 valence electrons. The van der Waals surface area contributed by atoms with Crippen LogP contribution in [0.25, 0.3) is 11.1 Å². The van der Waals surface area contributed by atoms with E-state index < -0.39 is 0 Å². The molecule has 1 aromatic carbocycles. The molecule has 0 fully saturated rings. The van der Waals surface area contributed by atoms with Crippen molar-refractivity contribution >= 4 is 6.47 Å². The highest BCUT2D eigenvalue weighted by Crippen LogP contribution is 2.21. The molecule has 0 bridgehead atoms. The Morgan fingerprint density at radius 3 is 2.69 bits per heavy atom. The molecule has 2 rings (SSSR count). The first-order valence-electron chi connectivity index (χ1n) is 4.96. The summed E-state index contributed by atoms with van der Waals surface area (Å²) in [7, 11) is 0. The predicted octanol–water partition coefficient (Wildman–Crippen LogP) is 2.42. The van der Waals surface area contributed by atoms with Crippen LogP contribution in [0.3, 0.4) is 0 Å². The van der Waals surface area contributed by atoms with Gasteiger partial charge in [-0.3, -0.25) is 9.78 Å². The van der Waals surface area contributed by atoms with Crippen molar-refractivity contribution in [3.8, 4) is 11.1 Å². The number of ether oxygens (including phenoxy) is 1. The number of carbonyl (C=O) groups is 1. The highest BCUT2D eigenvalue weighted by atomic mass is 16.5. The van der Waals surface area contributed by atoms with E-state index in [1.807, 2.05) is 42.5 Å². The minimum atomic E-state index is 0.203. The minimum Gasteiger partial charge on any atom is -0.461 e. The summed E-state index contributed by atoms with van der Waals surface area (Å²) in [5.41, 5.74) is 2.82. The number of rotatable bonds is 4. The molecular weight excluding hydrogens is 202 g/mol. The predicted molar refractivity (Wildman–Crippen MR) is 60.5 cm³/mol. The molecule has 0 aliphatic carbocycles. The van der Waals surface area contributed by atoms with E-state index in [0.717, 1.165) is 16.8 Å². The highest BCUT2D eigenvalue weighted by Gasteiger charge is 2.05. The number of nitrogens with zero attached hydrogens (tertiary/aromatic N) is 1. The van der Waals surface area contributed by atoms with Gasteiger partial charge >= 0.3 is 0 Å². The van der Waals surface area contributed by atoms with Crippen molar-refractivity contribution in [1.29, 1.82) is 0 Å². The quantitative estimate of drug-likeness (QED) is 0.732. The maximum Gasteiger partial charge on any atom is 0.293 e. The van der Waals surface area contributed by atoms with Crippen LogP contribution in [-0.4, -0.2) is 11.5 Å². The van der Waals surface area contributed by atoms with Crippen molar-refractivity contribution in [2.45, 2.75) is 6.61 Å². The molecule has 0 aliphatic heterocycles. The molecule has 0 N–H and O–H groups in total. The van der Waals surface area contributed by atoms with Gasteiger partial charge in [0.2, 0.25) is 0 Å². The standard InChI is InChI=1S/C13H11NO2/c15-10-16-9-13-12(7-4-8-14-13)11-5-2-1-3-6-11/h1-8,10H,9H2. The third kappa shape index (κ3) is 2.25. The van der Waals surface area contributed by atoms with Crippen molar-refractivity contribution in [2.75, 3.05) is 0 Å². The van der Waals surface area contributed by atoms with Crippen molar-refractivity contribution in [1.82, 2.24) is 4.98 Å². The molecule has 0 atom stereocenters. The van der Waals surface area contributed by atoms with Crippen molar-refractivity contribution in [3.05, 3.63) is 54.4 Å². The number of hydrogen-bond acceptors (Lipinski definition) is 3. The summed E-state index contributed by atoms with van der Waals surface area (Å²) < 4.78 is 4.74. The SMILES string of the molecule is O=COCc1ncccc1-c1ccccc1. The third-order valence-corrected chi connectivity index (χ3v) is 2.26.